The third kappa shape index (κ3) is 1.75. The number of hydrazone groups is 1. The van der Waals surface area contributed by atoms with Gasteiger partial charge >= 0.3 is 0 Å². The molecule has 1 aromatic carbocycles. The molecule has 0 unspecified atom stereocenters. The Morgan fingerprint density at radius 3 is 2.58 bits per heavy atom. The standard InChI is InChI=1S/C9H13N3/c1-10-11-8-6-4-5-7-9(8)12(2)3/h4-7,11H,1H2,2-3H3. The van der Waals surface area contributed by atoms with Gasteiger partial charge in [0, 0.05) is 20.8 Å². The summed E-state index contributed by atoms with van der Waals surface area (Å²) in [6, 6.07) is 7.93. The number of benzene rings is 1. The second kappa shape index (κ2) is 3.76. The maximum absolute atomic E-state index is 3.62. The SMILES string of the molecule is C=NNc1ccccc1N(C)C. The zero-order valence-electron chi connectivity index (χ0n) is 7.41. The number of para-hydroxylation sites is 2. The third-order valence-electron chi connectivity index (χ3n) is 1.59. The molecule has 0 atom stereocenters. The second-order valence-electron chi connectivity index (χ2n) is 2.68. The molecule has 0 saturated heterocycles. The summed E-state index contributed by atoms with van der Waals surface area (Å²) in [7, 11) is 3.98. The van der Waals surface area contributed by atoms with Crippen molar-refractivity contribution in [2.24, 2.45) is 5.10 Å². The molecule has 0 radical (unpaired) electrons. The van der Waals surface area contributed by atoms with Gasteiger partial charge in [0.05, 0.1) is 11.4 Å². The molecule has 0 spiro atoms. The van der Waals surface area contributed by atoms with Crippen molar-refractivity contribution in [2.45, 2.75) is 0 Å². The van der Waals surface area contributed by atoms with Gasteiger partial charge in [0.1, 0.15) is 0 Å². The fourth-order valence-corrected chi connectivity index (χ4v) is 1.04. The maximum Gasteiger partial charge on any atom is 0.0794 e. The first-order valence-electron chi connectivity index (χ1n) is 3.74. The average molecular weight is 163 g/mol. The van der Waals surface area contributed by atoms with Crippen LogP contribution in [-0.2, 0) is 0 Å². The number of nitrogens with zero attached hydrogens (tertiary/aromatic N) is 2. The van der Waals surface area contributed by atoms with E-state index in [1.54, 1.807) is 0 Å². The van der Waals surface area contributed by atoms with Crippen LogP contribution in [0, 0.1) is 0 Å². The van der Waals surface area contributed by atoms with Crippen LogP contribution in [-0.4, -0.2) is 20.8 Å². The summed E-state index contributed by atoms with van der Waals surface area (Å²) in [5.74, 6) is 0. The van der Waals surface area contributed by atoms with Gasteiger partial charge < -0.3 is 4.90 Å². The lowest BCUT2D eigenvalue weighted by molar-refractivity contribution is 1.13. The van der Waals surface area contributed by atoms with Crippen molar-refractivity contribution in [1.82, 2.24) is 0 Å². The van der Waals surface area contributed by atoms with E-state index in [1.165, 1.54) is 0 Å². The molecule has 0 bridgehead atoms. The lowest BCUT2D eigenvalue weighted by atomic mass is 10.2. The van der Waals surface area contributed by atoms with Crippen LogP contribution in [0.25, 0.3) is 0 Å². The minimum absolute atomic E-state index is 0.970. The van der Waals surface area contributed by atoms with E-state index in [4.69, 9.17) is 0 Å². The molecule has 0 aliphatic carbocycles. The number of nitrogens with one attached hydrogen (secondary N) is 1. The van der Waals surface area contributed by atoms with E-state index in [0.717, 1.165) is 11.4 Å². The monoisotopic (exact) mass is 163 g/mol. The van der Waals surface area contributed by atoms with Gasteiger partial charge in [0.25, 0.3) is 0 Å². The first kappa shape index (κ1) is 8.59. The zero-order chi connectivity index (χ0) is 8.97. The molecule has 0 fully saturated rings. The Kier molecular flexibility index (Phi) is 2.69. The van der Waals surface area contributed by atoms with Crippen molar-refractivity contribution in [2.75, 3.05) is 24.4 Å². The van der Waals surface area contributed by atoms with E-state index >= 15 is 0 Å². The van der Waals surface area contributed by atoms with Crippen LogP contribution in [0.1, 0.15) is 0 Å². The Hall–Kier alpha value is -1.51. The Balaban J connectivity index is 2.99. The fourth-order valence-electron chi connectivity index (χ4n) is 1.04. The van der Waals surface area contributed by atoms with Crippen molar-refractivity contribution in [3.8, 4) is 0 Å². The van der Waals surface area contributed by atoms with E-state index in [1.807, 2.05) is 43.3 Å². The van der Waals surface area contributed by atoms with Gasteiger partial charge in [-0.2, -0.15) is 5.10 Å². The maximum atomic E-state index is 3.62. The van der Waals surface area contributed by atoms with Crippen molar-refractivity contribution >= 4 is 18.1 Å². The Bertz CT molecular complexity index is 268. The predicted octanol–water partition coefficient (Wildman–Crippen LogP) is 1.78. The average Bonchev–Trinajstić information content (AvgIpc) is 2.05. The molecule has 3 nitrogen and oxygen atoms in total. The van der Waals surface area contributed by atoms with E-state index in [-0.39, 0.29) is 0 Å². The molecule has 12 heavy (non-hydrogen) atoms. The van der Waals surface area contributed by atoms with Gasteiger partial charge in [0.15, 0.2) is 0 Å². The van der Waals surface area contributed by atoms with Crippen molar-refractivity contribution in [3.63, 3.8) is 0 Å². The first-order valence-corrected chi connectivity index (χ1v) is 3.74. The van der Waals surface area contributed by atoms with Crippen molar-refractivity contribution in [1.29, 1.82) is 0 Å². The molecule has 1 N–H and O–H groups in total. The number of hydrogen-bond donors (Lipinski definition) is 1. The summed E-state index contributed by atoms with van der Waals surface area (Å²) >= 11 is 0. The molecular weight excluding hydrogens is 150 g/mol. The summed E-state index contributed by atoms with van der Waals surface area (Å²) < 4.78 is 0. The van der Waals surface area contributed by atoms with Crippen LogP contribution in [0.15, 0.2) is 29.4 Å². The molecule has 0 aromatic heterocycles. The van der Waals surface area contributed by atoms with E-state index in [0.29, 0.717) is 0 Å². The molecule has 0 heterocycles. The van der Waals surface area contributed by atoms with Crippen LogP contribution in [0.2, 0.25) is 0 Å². The summed E-state index contributed by atoms with van der Waals surface area (Å²) in [5, 5.41) is 3.62. The van der Waals surface area contributed by atoms with Crippen LogP contribution in [0.4, 0.5) is 11.4 Å². The Labute approximate surface area is 72.7 Å². The molecule has 1 aromatic rings. The lowest BCUT2D eigenvalue weighted by Crippen LogP contribution is -2.10. The van der Waals surface area contributed by atoms with Gasteiger partial charge in [-0.1, -0.05) is 12.1 Å². The largest absolute Gasteiger partial charge is 0.376 e. The third-order valence-corrected chi connectivity index (χ3v) is 1.59. The molecule has 0 aliphatic rings. The highest BCUT2D eigenvalue weighted by Crippen LogP contribution is 2.22. The summed E-state index contributed by atoms with van der Waals surface area (Å²) in [4.78, 5) is 2.02. The summed E-state index contributed by atoms with van der Waals surface area (Å²) in [5.41, 5.74) is 4.90. The quantitative estimate of drug-likeness (QED) is 0.543. The fraction of sp³-hybridized carbons (Fsp3) is 0.222. The normalized spacial score (nSPS) is 9.17. The minimum atomic E-state index is 0.970. The van der Waals surface area contributed by atoms with Gasteiger partial charge in [-0.15, -0.1) is 0 Å². The number of anilines is 2. The van der Waals surface area contributed by atoms with Gasteiger partial charge in [-0.05, 0) is 12.1 Å². The van der Waals surface area contributed by atoms with Crippen LogP contribution >= 0.6 is 0 Å². The van der Waals surface area contributed by atoms with Gasteiger partial charge in [-0.25, -0.2) is 0 Å². The van der Waals surface area contributed by atoms with E-state index in [9.17, 15) is 0 Å². The summed E-state index contributed by atoms with van der Waals surface area (Å²) in [6.07, 6.45) is 0. The molecule has 1 rings (SSSR count). The lowest BCUT2D eigenvalue weighted by Gasteiger charge is -2.16. The van der Waals surface area contributed by atoms with Crippen molar-refractivity contribution < 1.29 is 0 Å². The number of hydrogen-bond acceptors (Lipinski definition) is 3. The predicted molar refractivity (Wildman–Crippen MR) is 53.9 cm³/mol. The highest BCUT2D eigenvalue weighted by Gasteiger charge is 2.00. The Morgan fingerprint density at radius 1 is 1.33 bits per heavy atom. The van der Waals surface area contributed by atoms with Crippen LogP contribution in [0.5, 0.6) is 0 Å². The molecule has 3 heteroatoms. The molecule has 0 amide bonds. The zero-order valence-corrected chi connectivity index (χ0v) is 7.41. The molecule has 0 aliphatic heterocycles. The van der Waals surface area contributed by atoms with E-state index in [2.05, 4.69) is 17.2 Å². The van der Waals surface area contributed by atoms with Gasteiger partial charge in [-0.3, -0.25) is 5.43 Å². The minimum Gasteiger partial charge on any atom is -0.376 e. The summed E-state index contributed by atoms with van der Waals surface area (Å²) in [6.45, 7) is 3.38. The van der Waals surface area contributed by atoms with Crippen LogP contribution < -0.4 is 10.3 Å². The van der Waals surface area contributed by atoms with E-state index < -0.39 is 0 Å². The number of rotatable bonds is 3. The molecule has 0 saturated carbocycles. The smallest absolute Gasteiger partial charge is 0.0794 e. The van der Waals surface area contributed by atoms with Gasteiger partial charge in [0.2, 0.25) is 0 Å². The van der Waals surface area contributed by atoms with Crippen molar-refractivity contribution in [3.05, 3.63) is 24.3 Å². The Morgan fingerprint density at radius 2 is 2.00 bits per heavy atom. The first-order chi connectivity index (χ1) is 5.75. The highest BCUT2D eigenvalue weighted by atomic mass is 15.3. The van der Waals surface area contributed by atoms with Crippen LogP contribution in [0.3, 0.4) is 0 Å². The molecule has 64 valence electrons. The second-order valence-corrected chi connectivity index (χ2v) is 2.68. The molecular formula is C9H13N3. The highest BCUT2D eigenvalue weighted by molar-refractivity contribution is 5.69. The topological polar surface area (TPSA) is 27.6 Å².